The van der Waals surface area contributed by atoms with Crippen molar-refractivity contribution >= 4 is 11.6 Å². The number of hydrogen-bond acceptors (Lipinski definition) is 4. The van der Waals surface area contributed by atoms with Gasteiger partial charge < -0.3 is 15.5 Å². The van der Waals surface area contributed by atoms with E-state index in [1.165, 1.54) is 6.42 Å². The van der Waals surface area contributed by atoms with Gasteiger partial charge >= 0.3 is 0 Å². The van der Waals surface area contributed by atoms with E-state index in [1.54, 1.807) is 12.3 Å². The molecule has 1 amide bonds. The van der Waals surface area contributed by atoms with Gasteiger partial charge in [-0.15, -0.1) is 0 Å². The predicted octanol–water partition coefficient (Wildman–Crippen LogP) is 1.58. The van der Waals surface area contributed by atoms with Crippen molar-refractivity contribution in [1.29, 1.82) is 0 Å². The van der Waals surface area contributed by atoms with Crippen molar-refractivity contribution in [3.05, 3.63) is 24.0 Å². The van der Waals surface area contributed by atoms with Crippen molar-refractivity contribution in [3.63, 3.8) is 0 Å². The maximum absolute atomic E-state index is 12.1. The number of anilines is 1. The minimum atomic E-state index is -0.0836. The van der Waals surface area contributed by atoms with Crippen molar-refractivity contribution < 1.29 is 4.79 Å². The van der Waals surface area contributed by atoms with Crippen molar-refractivity contribution in [1.82, 2.24) is 15.2 Å². The molecule has 0 spiro atoms. The Bertz CT molecular complexity index is 449. The summed E-state index contributed by atoms with van der Waals surface area (Å²) in [7, 11) is 0. The fourth-order valence-corrected chi connectivity index (χ4v) is 2.56. The van der Waals surface area contributed by atoms with Gasteiger partial charge in [-0.05, 0) is 44.5 Å². The Labute approximate surface area is 120 Å². The molecular weight excluding hydrogens is 252 g/mol. The molecule has 1 unspecified atom stereocenters. The lowest BCUT2D eigenvalue weighted by Crippen LogP contribution is -2.31. The molecule has 2 rings (SSSR count). The highest BCUT2D eigenvalue weighted by Gasteiger charge is 2.21. The van der Waals surface area contributed by atoms with Crippen molar-refractivity contribution in [2.75, 3.05) is 38.0 Å². The molecule has 0 aromatic carbocycles. The first-order valence-corrected chi connectivity index (χ1v) is 7.43. The first-order chi connectivity index (χ1) is 9.72. The molecule has 2 N–H and O–H groups in total. The van der Waals surface area contributed by atoms with E-state index in [9.17, 15) is 4.79 Å². The fourth-order valence-electron chi connectivity index (χ4n) is 2.56. The van der Waals surface area contributed by atoms with Gasteiger partial charge in [-0.1, -0.05) is 6.92 Å². The third-order valence-corrected chi connectivity index (χ3v) is 3.74. The molecule has 1 saturated heterocycles. The molecule has 1 aliphatic rings. The van der Waals surface area contributed by atoms with Crippen LogP contribution in [0.5, 0.6) is 0 Å². The van der Waals surface area contributed by atoms with Crippen LogP contribution in [0.2, 0.25) is 0 Å². The van der Waals surface area contributed by atoms with Crippen LogP contribution in [0.15, 0.2) is 18.3 Å². The number of rotatable bonds is 6. The number of pyridine rings is 1. The Kier molecular flexibility index (Phi) is 5.35. The zero-order chi connectivity index (χ0) is 14.4. The quantitative estimate of drug-likeness (QED) is 0.828. The number of amides is 1. The van der Waals surface area contributed by atoms with Gasteiger partial charge in [0.25, 0.3) is 5.91 Å². The summed E-state index contributed by atoms with van der Waals surface area (Å²) in [5, 5.41) is 6.19. The molecule has 20 heavy (non-hydrogen) atoms. The van der Waals surface area contributed by atoms with Gasteiger partial charge in [-0.3, -0.25) is 9.78 Å². The summed E-state index contributed by atoms with van der Waals surface area (Å²) in [4.78, 5) is 18.6. The summed E-state index contributed by atoms with van der Waals surface area (Å²) in [6.45, 7) is 9.10. The maximum atomic E-state index is 12.1. The van der Waals surface area contributed by atoms with Crippen LogP contribution in [-0.4, -0.2) is 48.5 Å². The zero-order valence-corrected chi connectivity index (χ0v) is 12.4. The highest BCUT2D eigenvalue weighted by Crippen LogP contribution is 2.15. The first kappa shape index (κ1) is 14.8. The van der Waals surface area contributed by atoms with E-state index in [2.05, 4.69) is 27.4 Å². The van der Waals surface area contributed by atoms with E-state index >= 15 is 0 Å². The molecule has 0 aliphatic carbocycles. The molecule has 1 fully saturated rings. The Balaban J connectivity index is 1.84. The highest BCUT2D eigenvalue weighted by atomic mass is 16.1. The van der Waals surface area contributed by atoms with Gasteiger partial charge in [0, 0.05) is 31.5 Å². The molecule has 0 saturated carbocycles. The lowest BCUT2D eigenvalue weighted by molar-refractivity contribution is 0.0942. The Morgan fingerprint density at radius 3 is 3.05 bits per heavy atom. The van der Waals surface area contributed by atoms with E-state index in [0.29, 0.717) is 11.6 Å². The number of hydrogen-bond donors (Lipinski definition) is 2. The van der Waals surface area contributed by atoms with Crippen LogP contribution in [0.4, 0.5) is 5.69 Å². The van der Waals surface area contributed by atoms with Crippen LogP contribution in [0, 0.1) is 5.92 Å². The molecule has 2 heterocycles. The average molecular weight is 276 g/mol. The zero-order valence-electron chi connectivity index (χ0n) is 12.4. The normalized spacial score (nSPS) is 19.0. The first-order valence-electron chi connectivity index (χ1n) is 7.43. The summed E-state index contributed by atoms with van der Waals surface area (Å²) >= 11 is 0. The smallest absolute Gasteiger partial charge is 0.269 e. The average Bonchev–Trinajstić information content (AvgIpc) is 2.93. The van der Waals surface area contributed by atoms with E-state index in [-0.39, 0.29) is 5.91 Å². The topological polar surface area (TPSA) is 57.3 Å². The maximum Gasteiger partial charge on any atom is 0.269 e. The van der Waals surface area contributed by atoms with Gasteiger partial charge in [0.2, 0.25) is 0 Å². The number of aromatic nitrogens is 1. The number of nitrogens with zero attached hydrogens (tertiary/aromatic N) is 2. The van der Waals surface area contributed by atoms with E-state index in [0.717, 1.165) is 38.4 Å². The van der Waals surface area contributed by atoms with Crippen molar-refractivity contribution in [2.45, 2.75) is 20.3 Å². The second kappa shape index (κ2) is 7.24. The minimum Gasteiger partial charge on any atom is -0.385 e. The Hall–Kier alpha value is -1.62. The molecule has 1 aliphatic heterocycles. The molecule has 110 valence electrons. The highest BCUT2D eigenvalue weighted by molar-refractivity contribution is 5.93. The van der Waals surface area contributed by atoms with Crippen LogP contribution in [0.3, 0.4) is 0 Å². The standard InChI is InChI=1S/C15H24N4O/c1-3-16-13-5-7-17-14(9-13)15(20)18-10-12-6-8-19(4-2)11-12/h5,7,9,12H,3-4,6,8,10-11H2,1-2H3,(H,16,17)(H,18,20). The van der Waals surface area contributed by atoms with Gasteiger partial charge in [0.05, 0.1) is 0 Å². The molecule has 0 bridgehead atoms. The van der Waals surface area contributed by atoms with Crippen LogP contribution in [0.25, 0.3) is 0 Å². The summed E-state index contributed by atoms with van der Waals surface area (Å²) in [5.74, 6) is 0.482. The predicted molar refractivity (Wildman–Crippen MR) is 81.0 cm³/mol. The SMILES string of the molecule is CCNc1ccnc(C(=O)NCC2CCN(CC)C2)c1. The van der Waals surface area contributed by atoms with Gasteiger partial charge in [0.15, 0.2) is 0 Å². The van der Waals surface area contributed by atoms with Gasteiger partial charge in [-0.2, -0.15) is 0 Å². The lowest BCUT2D eigenvalue weighted by atomic mass is 10.1. The monoisotopic (exact) mass is 276 g/mol. The Morgan fingerprint density at radius 1 is 1.50 bits per heavy atom. The molecule has 5 heteroatoms. The van der Waals surface area contributed by atoms with Gasteiger partial charge in [-0.25, -0.2) is 0 Å². The second-order valence-electron chi connectivity index (χ2n) is 5.22. The fraction of sp³-hybridized carbons (Fsp3) is 0.600. The van der Waals surface area contributed by atoms with Crippen LogP contribution in [0.1, 0.15) is 30.8 Å². The van der Waals surface area contributed by atoms with Crippen LogP contribution in [-0.2, 0) is 0 Å². The van der Waals surface area contributed by atoms with E-state index < -0.39 is 0 Å². The molecule has 0 radical (unpaired) electrons. The lowest BCUT2D eigenvalue weighted by Gasteiger charge is -2.13. The molecular formula is C15H24N4O. The number of nitrogens with one attached hydrogen (secondary N) is 2. The summed E-state index contributed by atoms with van der Waals surface area (Å²) in [6, 6.07) is 3.67. The summed E-state index contributed by atoms with van der Waals surface area (Å²) in [6.07, 6.45) is 2.83. The third kappa shape index (κ3) is 3.93. The van der Waals surface area contributed by atoms with Crippen molar-refractivity contribution in [2.24, 2.45) is 5.92 Å². The van der Waals surface area contributed by atoms with E-state index in [1.807, 2.05) is 13.0 Å². The van der Waals surface area contributed by atoms with Gasteiger partial charge in [0.1, 0.15) is 5.69 Å². The summed E-state index contributed by atoms with van der Waals surface area (Å²) in [5.41, 5.74) is 1.42. The Morgan fingerprint density at radius 2 is 2.35 bits per heavy atom. The van der Waals surface area contributed by atoms with E-state index in [4.69, 9.17) is 0 Å². The largest absolute Gasteiger partial charge is 0.385 e. The second-order valence-corrected chi connectivity index (χ2v) is 5.22. The van der Waals surface area contributed by atoms with Crippen molar-refractivity contribution in [3.8, 4) is 0 Å². The minimum absolute atomic E-state index is 0.0836. The molecule has 1 aromatic rings. The number of carbonyl (C=O) groups is 1. The number of carbonyl (C=O) groups excluding carboxylic acids is 1. The van der Waals surface area contributed by atoms with Crippen LogP contribution < -0.4 is 10.6 Å². The number of likely N-dealkylation sites (tertiary alicyclic amines) is 1. The third-order valence-electron chi connectivity index (χ3n) is 3.74. The summed E-state index contributed by atoms with van der Waals surface area (Å²) < 4.78 is 0. The molecule has 1 aromatic heterocycles. The molecule has 5 nitrogen and oxygen atoms in total. The molecule has 1 atom stereocenters. The van der Waals surface area contributed by atoms with Crippen LogP contribution >= 0.6 is 0 Å².